The number of unbranched alkanes of at least 4 members (excludes halogenated alkanes) is 1. The van der Waals surface area contributed by atoms with Crippen LogP contribution in [-0.4, -0.2) is 15.0 Å². The fraction of sp³-hybridized carbons (Fsp3) is 0.222. The molecule has 98 valence electrons. The molecule has 2 aromatic carbocycles. The molecule has 0 aliphatic rings. The second-order valence-electron chi connectivity index (χ2n) is 4.54. The summed E-state index contributed by atoms with van der Waals surface area (Å²) in [7, 11) is 0. The normalized spacial score (nSPS) is 11.5. The molecule has 19 heavy (non-hydrogen) atoms. The van der Waals surface area contributed by atoms with Gasteiger partial charge in [0, 0.05) is 0 Å². The summed E-state index contributed by atoms with van der Waals surface area (Å²) in [6.07, 6.45) is 6.15. The van der Waals surface area contributed by atoms with Crippen molar-refractivity contribution in [1.82, 2.24) is 0 Å². The van der Waals surface area contributed by atoms with Gasteiger partial charge in [-0.1, -0.05) is 0 Å². The Balaban J connectivity index is 2.14. The molecular formula is C18H20Se. The van der Waals surface area contributed by atoms with Crippen LogP contribution in [0.3, 0.4) is 0 Å². The average Bonchev–Trinajstić information content (AvgIpc) is 2.47. The molecule has 0 bridgehead atoms. The summed E-state index contributed by atoms with van der Waals surface area (Å²) in [5.74, 6) is 0. The second-order valence-corrected chi connectivity index (χ2v) is 7.06. The Morgan fingerprint density at radius 3 is 2.21 bits per heavy atom. The molecule has 0 aromatic heterocycles. The third-order valence-corrected chi connectivity index (χ3v) is 5.19. The van der Waals surface area contributed by atoms with Crippen LogP contribution in [0.15, 0.2) is 65.1 Å². The Kier molecular flexibility index (Phi) is 5.93. The molecule has 0 N–H and O–H groups in total. The van der Waals surface area contributed by atoms with Gasteiger partial charge in [-0.05, 0) is 0 Å². The first-order chi connectivity index (χ1) is 9.38. The van der Waals surface area contributed by atoms with E-state index in [1.54, 1.807) is 4.47 Å². The molecule has 0 saturated carbocycles. The van der Waals surface area contributed by atoms with E-state index in [0.717, 1.165) is 0 Å². The summed E-state index contributed by atoms with van der Waals surface area (Å²) in [5, 5.41) is 0. The summed E-state index contributed by atoms with van der Waals surface area (Å²) < 4.78 is 3.06. The van der Waals surface area contributed by atoms with Crippen molar-refractivity contribution in [3.05, 3.63) is 70.7 Å². The van der Waals surface area contributed by atoms with Gasteiger partial charge in [0.1, 0.15) is 0 Å². The first-order valence-electron chi connectivity index (χ1n) is 6.87. The molecule has 0 aliphatic heterocycles. The van der Waals surface area contributed by atoms with Crippen molar-refractivity contribution < 1.29 is 0 Å². The molecule has 0 nitrogen and oxygen atoms in total. The van der Waals surface area contributed by atoms with Crippen molar-refractivity contribution in [3.8, 4) is 0 Å². The molecule has 0 spiro atoms. The average molecular weight is 315 g/mol. The van der Waals surface area contributed by atoms with E-state index in [1.807, 2.05) is 0 Å². The molecule has 2 rings (SSSR count). The van der Waals surface area contributed by atoms with Crippen molar-refractivity contribution in [1.29, 1.82) is 0 Å². The summed E-state index contributed by atoms with van der Waals surface area (Å²) >= 11 is 0.451. The molecule has 0 saturated heterocycles. The van der Waals surface area contributed by atoms with Crippen LogP contribution in [-0.2, 0) is 0 Å². The fourth-order valence-electron chi connectivity index (χ4n) is 1.88. The maximum atomic E-state index is 2.38. The molecule has 1 heteroatoms. The van der Waals surface area contributed by atoms with Crippen LogP contribution >= 0.6 is 0 Å². The van der Waals surface area contributed by atoms with E-state index in [9.17, 15) is 0 Å². The monoisotopic (exact) mass is 316 g/mol. The summed E-state index contributed by atoms with van der Waals surface area (Å²) in [5.41, 5.74) is 1.33. The van der Waals surface area contributed by atoms with Crippen molar-refractivity contribution in [2.75, 3.05) is 0 Å². The minimum atomic E-state index is 0.451. The number of hydrogen-bond donors (Lipinski definition) is 0. The second kappa shape index (κ2) is 7.99. The predicted octanol–water partition coefficient (Wildman–Crippen LogP) is 4.25. The third kappa shape index (κ3) is 5.06. The molecule has 0 fully saturated rings. The van der Waals surface area contributed by atoms with Crippen molar-refractivity contribution in [3.63, 3.8) is 0 Å². The molecule has 2 aromatic rings. The third-order valence-electron chi connectivity index (χ3n) is 2.90. The Morgan fingerprint density at radius 2 is 1.58 bits per heavy atom. The van der Waals surface area contributed by atoms with E-state index in [4.69, 9.17) is 0 Å². The Labute approximate surface area is 122 Å². The van der Waals surface area contributed by atoms with Gasteiger partial charge in [-0.3, -0.25) is 0 Å². The topological polar surface area (TPSA) is 0 Å². The van der Waals surface area contributed by atoms with Crippen molar-refractivity contribution in [2.24, 2.45) is 0 Å². The minimum absolute atomic E-state index is 0.451. The van der Waals surface area contributed by atoms with Crippen LogP contribution in [0.1, 0.15) is 31.7 Å². The number of allylic oxidation sites excluding steroid dienone is 1. The van der Waals surface area contributed by atoms with E-state index >= 15 is 0 Å². The van der Waals surface area contributed by atoms with Gasteiger partial charge in [0.25, 0.3) is 0 Å². The van der Waals surface area contributed by atoms with Crippen molar-refractivity contribution >= 4 is 25.5 Å². The van der Waals surface area contributed by atoms with Crippen LogP contribution in [0.25, 0.3) is 6.08 Å². The molecule has 0 amide bonds. The number of hydrogen-bond acceptors (Lipinski definition) is 0. The van der Waals surface area contributed by atoms with Crippen LogP contribution in [0.2, 0.25) is 0 Å². The van der Waals surface area contributed by atoms with E-state index in [2.05, 4.69) is 73.7 Å². The molecule has 0 heterocycles. The molecule has 0 aliphatic carbocycles. The zero-order chi connectivity index (χ0) is 13.3. The first kappa shape index (κ1) is 14.1. The zero-order valence-corrected chi connectivity index (χ0v) is 13.1. The summed E-state index contributed by atoms with van der Waals surface area (Å²) in [6, 6.07) is 21.5. The fourth-order valence-corrected chi connectivity index (χ4v) is 4.06. The Morgan fingerprint density at radius 1 is 0.947 bits per heavy atom. The van der Waals surface area contributed by atoms with Crippen LogP contribution < -0.4 is 4.46 Å². The van der Waals surface area contributed by atoms with Gasteiger partial charge in [-0.15, -0.1) is 0 Å². The summed E-state index contributed by atoms with van der Waals surface area (Å²) in [4.78, 5) is 0. The van der Waals surface area contributed by atoms with Crippen LogP contribution in [0.4, 0.5) is 0 Å². The number of benzene rings is 2. The van der Waals surface area contributed by atoms with Crippen molar-refractivity contribution in [2.45, 2.75) is 26.2 Å². The van der Waals surface area contributed by atoms with Gasteiger partial charge in [0.05, 0.1) is 0 Å². The van der Waals surface area contributed by atoms with Crippen LogP contribution in [0, 0.1) is 0 Å². The van der Waals surface area contributed by atoms with E-state index in [1.165, 1.54) is 29.3 Å². The Hall–Kier alpha value is -1.30. The molecule has 0 radical (unpaired) electrons. The predicted molar refractivity (Wildman–Crippen MR) is 85.8 cm³/mol. The zero-order valence-electron chi connectivity index (χ0n) is 11.4. The van der Waals surface area contributed by atoms with E-state index in [-0.39, 0.29) is 0 Å². The SMILES string of the molecule is CCCC/C(=C/c1ccccc1)[Se]c1ccccc1. The molecule has 0 atom stereocenters. The summed E-state index contributed by atoms with van der Waals surface area (Å²) in [6.45, 7) is 2.26. The Bertz CT molecular complexity index is 500. The van der Waals surface area contributed by atoms with Gasteiger partial charge < -0.3 is 0 Å². The van der Waals surface area contributed by atoms with Crippen LogP contribution in [0.5, 0.6) is 0 Å². The maximum absolute atomic E-state index is 2.38. The van der Waals surface area contributed by atoms with Gasteiger partial charge in [0.15, 0.2) is 0 Å². The molecule has 0 unspecified atom stereocenters. The van der Waals surface area contributed by atoms with E-state index < -0.39 is 0 Å². The van der Waals surface area contributed by atoms with Gasteiger partial charge in [-0.2, -0.15) is 0 Å². The quantitative estimate of drug-likeness (QED) is 0.699. The van der Waals surface area contributed by atoms with Gasteiger partial charge in [-0.25, -0.2) is 0 Å². The number of rotatable bonds is 6. The first-order valence-corrected chi connectivity index (χ1v) is 8.58. The van der Waals surface area contributed by atoms with E-state index in [0.29, 0.717) is 15.0 Å². The van der Waals surface area contributed by atoms with Gasteiger partial charge >= 0.3 is 122 Å². The standard InChI is InChI=1S/C18H20Se/c1-2-3-12-18(15-16-10-6-4-7-11-16)19-17-13-8-5-9-14-17/h4-11,13-15H,2-3,12H2,1H3/b18-15-. The molecular weight excluding hydrogens is 295 g/mol. The van der Waals surface area contributed by atoms with Gasteiger partial charge in [0.2, 0.25) is 0 Å².